The van der Waals surface area contributed by atoms with Crippen LogP contribution in [0.3, 0.4) is 0 Å². The molecule has 0 bridgehead atoms. The average Bonchev–Trinajstić information content (AvgIpc) is 2.37. The van der Waals surface area contributed by atoms with Gasteiger partial charge in [0.25, 0.3) is 0 Å². The number of halogens is 1. The first-order valence-electron chi connectivity index (χ1n) is 6.47. The molecule has 0 aromatic carbocycles. The summed E-state index contributed by atoms with van der Waals surface area (Å²) < 4.78 is 5.43. The Kier molecular flexibility index (Phi) is 4.40. The second-order valence-corrected chi connectivity index (χ2v) is 5.13. The highest BCUT2D eigenvalue weighted by Crippen LogP contribution is 2.26. The van der Waals surface area contributed by atoms with E-state index in [2.05, 4.69) is 21.8 Å². The molecular weight excluding hydrogens is 250 g/mol. The Bertz CT molecular complexity index is 413. The minimum Gasteiger partial charge on any atom is -0.381 e. The number of aromatic nitrogens is 2. The molecule has 100 valence electrons. The Balaban J connectivity index is 2.18. The van der Waals surface area contributed by atoms with Crippen molar-refractivity contribution in [3.8, 4) is 0 Å². The molecule has 2 rings (SSSR count). The van der Waals surface area contributed by atoms with E-state index in [1.54, 1.807) is 7.11 Å². The predicted octanol–water partition coefficient (Wildman–Crippen LogP) is 2.70. The molecule has 1 aliphatic heterocycles. The Hall–Kier alpha value is -0.870. The molecule has 2 unspecified atom stereocenters. The predicted molar refractivity (Wildman–Crippen MR) is 73.3 cm³/mol. The monoisotopic (exact) mass is 269 g/mol. The van der Waals surface area contributed by atoms with Gasteiger partial charge in [0, 0.05) is 32.2 Å². The van der Waals surface area contributed by atoms with E-state index in [-0.39, 0.29) is 0 Å². The van der Waals surface area contributed by atoms with Gasteiger partial charge in [-0.2, -0.15) is 0 Å². The van der Waals surface area contributed by atoms with Crippen molar-refractivity contribution in [1.29, 1.82) is 0 Å². The summed E-state index contributed by atoms with van der Waals surface area (Å²) in [7, 11) is 1.78. The molecular formula is C13H20ClN3O. The molecule has 1 aromatic rings. The summed E-state index contributed by atoms with van der Waals surface area (Å²) in [4.78, 5) is 11.1. The highest BCUT2D eigenvalue weighted by Gasteiger charge is 2.26. The van der Waals surface area contributed by atoms with Crippen molar-refractivity contribution in [2.24, 2.45) is 0 Å². The molecule has 0 aliphatic carbocycles. The van der Waals surface area contributed by atoms with E-state index >= 15 is 0 Å². The van der Waals surface area contributed by atoms with Crippen molar-refractivity contribution in [3.63, 3.8) is 0 Å². The zero-order valence-corrected chi connectivity index (χ0v) is 11.9. The van der Waals surface area contributed by atoms with Crippen LogP contribution in [-0.4, -0.2) is 35.8 Å². The number of anilines is 1. The molecule has 0 N–H and O–H groups in total. The van der Waals surface area contributed by atoms with Gasteiger partial charge in [0.15, 0.2) is 0 Å². The lowest BCUT2D eigenvalue weighted by molar-refractivity contribution is 0.0719. The number of hydrogen-bond acceptors (Lipinski definition) is 4. The topological polar surface area (TPSA) is 38.2 Å². The van der Waals surface area contributed by atoms with Gasteiger partial charge >= 0.3 is 0 Å². The molecule has 0 spiro atoms. The third-order valence-corrected chi connectivity index (χ3v) is 3.69. The van der Waals surface area contributed by atoms with E-state index < -0.39 is 0 Å². The van der Waals surface area contributed by atoms with Gasteiger partial charge in [-0.3, -0.25) is 0 Å². The number of hydrogen-bond donors (Lipinski definition) is 0. The Morgan fingerprint density at radius 2 is 2.28 bits per heavy atom. The van der Waals surface area contributed by atoms with Crippen LogP contribution in [0, 0.1) is 0 Å². The summed E-state index contributed by atoms with van der Waals surface area (Å²) in [5.41, 5.74) is 0. The molecule has 5 heteroatoms. The first-order chi connectivity index (χ1) is 8.63. The van der Waals surface area contributed by atoms with Gasteiger partial charge in [-0.1, -0.05) is 18.5 Å². The van der Waals surface area contributed by atoms with Crippen molar-refractivity contribution in [3.05, 3.63) is 17.0 Å². The van der Waals surface area contributed by atoms with Crippen LogP contribution in [0.1, 0.15) is 32.5 Å². The number of piperidine rings is 1. The summed E-state index contributed by atoms with van der Waals surface area (Å²) in [6, 6.07) is 2.27. The zero-order chi connectivity index (χ0) is 13.1. The first kappa shape index (κ1) is 13.6. The van der Waals surface area contributed by atoms with Crippen molar-refractivity contribution in [2.75, 3.05) is 18.6 Å². The van der Waals surface area contributed by atoms with Crippen LogP contribution in [0.15, 0.2) is 6.07 Å². The second-order valence-electron chi connectivity index (χ2n) is 4.74. The number of aryl methyl sites for hydroxylation is 1. The van der Waals surface area contributed by atoms with E-state index in [0.29, 0.717) is 17.3 Å². The molecule has 0 amide bonds. The lowest BCUT2D eigenvalue weighted by Crippen LogP contribution is -2.43. The van der Waals surface area contributed by atoms with Gasteiger partial charge in [0.2, 0.25) is 0 Å². The quantitative estimate of drug-likeness (QED) is 0.791. The van der Waals surface area contributed by atoms with Gasteiger partial charge in [-0.25, -0.2) is 9.97 Å². The van der Waals surface area contributed by atoms with Crippen molar-refractivity contribution < 1.29 is 4.74 Å². The van der Waals surface area contributed by atoms with Crippen molar-refractivity contribution >= 4 is 17.4 Å². The summed E-state index contributed by atoms with van der Waals surface area (Å²) in [5.74, 6) is 1.74. The number of rotatable bonds is 3. The van der Waals surface area contributed by atoms with Crippen LogP contribution >= 0.6 is 11.6 Å². The molecule has 18 heavy (non-hydrogen) atoms. The van der Waals surface area contributed by atoms with E-state index in [1.165, 1.54) is 0 Å². The van der Waals surface area contributed by atoms with Crippen LogP contribution in [0.2, 0.25) is 5.15 Å². The van der Waals surface area contributed by atoms with Gasteiger partial charge in [-0.05, 0) is 19.8 Å². The fourth-order valence-corrected chi connectivity index (χ4v) is 2.64. The maximum Gasteiger partial charge on any atom is 0.134 e. The first-order valence-corrected chi connectivity index (χ1v) is 6.84. The largest absolute Gasteiger partial charge is 0.381 e. The number of ether oxygens (including phenoxy) is 1. The molecule has 1 aliphatic rings. The minimum atomic E-state index is 0.360. The Morgan fingerprint density at radius 3 is 2.89 bits per heavy atom. The molecule has 1 fully saturated rings. The molecule has 1 aromatic heterocycles. The second kappa shape index (κ2) is 5.85. The number of methoxy groups -OCH3 is 1. The Labute approximate surface area is 113 Å². The van der Waals surface area contributed by atoms with Crippen LogP contribution < -0.4 is 4.90 Å². The smallest absolute Gasteiger partial charge is 0.134 e. The standard InChI is InChI=1S/C13H20ClN3O/c1-4-12-15-11(14)8-13(16-12)17-6-5-10(18-3)7-9(17)2/h8-10H,4-7H2,1-3H3. The summed E-state index contributed by atoms with van der Waals surface area (Å²) in [5, 5.41) is 0.526. The molecule has 2 heterocycles. The fraction of sp³-hybridized carbons (Fsp3) is 0.692. The third kappa shape index (κ3) is 2.93. The van der Waals surface area contributed by atoms with Gasteiger partial charge in [0.1, 0.15) is 16.8 Å². The Morgan fingerprint density at radius 1 is 1.50 bits per heavy atom. The van der Waals surface area contributed by atoms with Crippen LogP contribution in [0.25, 0.3) is 0 Å². The van der Waals surface area contributed by atoms with E-state index in [0.717, 1.165) is 37.4 Å². The maximum absolute atomic E-state index is 6.05. The van der Waals surface area contributed by atoms with Crippen LogP contribution in [-0.2, 0) is 11.2 Å². The normalized spacial score (nSPS) is 24.3. The molecule has 0 radical (unpaired) electrons. The molecule has 1 saturated heterocycles. The van der Waals surface area contributed by atoms with Gasteiger partial charge in [0.05, 0.1) is 6.10 Å². The lowest BCUT2D eigenvalue weighted by atomic mass is 10.0. The van der Waals surface area contributed by atoms with Crippen molar-refractivity contribution in [1.82, 2.24) is 9.97 Å². The number of nitrogens with zero attached hydrogens (tertiary/aromatic N) is 3. The SMILES string of the molecule is CCc1nc(Cl)cc(N2CCC(OC)CC2C)n1. The highest BCUT2D eigenvalue weighted by molar-refractivity contribution is 6.29. The van der Waals surface area contributed by atoms with Gasteiger partial charge in [-0.15, -0.1) is 0 Å². The molecule has 4 nitrogen and oxygen atoms in total. The van der Waals surface area contributed by atoms with Crippen LogP contribution in [0.4, 0.5) is 5.82 Å². The summed E-state index contributed by atoms with van der Waals surface area (Å²) >= 11 is 6.05. The van der Waals surface area contributed by atoms with Crippen LogP contribution in [0.5, 0.6) is 0 Å². The summed E-state index contributed by atoms with van der Waals surface area (Å²) in [6.07, 6.45) is 3.22. The fourth-order valence-electron chi connectivity index (χ4n) is 2.44. The maximum atomic E-state index is 6.05. The average molecular weight is 270 g/mol. The summed E-state index contributed by atoms with van der Waals surface area (Å²) in [6.45, 7) is 5.19. The molecule has 2 atom stereocenters. The third-order valence-electron chi connectivity index (χ3n) is 3.50. The van der Waals surface area contributed by atoms with E-state index in [1.807, 2.05) is 13.0 Å². The van der Waals surface area contributed by atoms with E-state index in [9.17, 15) is 0 Å². The highest BCUT2D eigenvalue weighted by atomic mass is 35.5. The minimum absolute atomic E-state index is 0.360. The van der Waals surface area contributed by atoms with Crippen molar-refractivity contribution in [2.45, 2.75) is 45.3 Å². The molecule has 0 saturated carbocycles. The lowest BCUT2D eigenvalue weighted by Gasteiger charge is -2.38. The van der Waals surface area contributed by atoms with E-state index in [4.69, 9.17) is 16.3 Å². The van der Waals surface area contributed by atoms with Gasteiger partial charge < -0.3 is 9.64 Å². The zero-order valence-electron chi connectivity index (χ0n) is 11.2.